The van der Waals surface area contributed by atoms with Crippen LogP contribution in [0.15, 0.2) is 0 Å². The first-order chi connectivity index (χ1) is 10.8. The highest BCUT2D eigenvalue weighted by Gasteiger charge is 2.27. The monoisotopic (exact) mass is 343 g/mol. The van der Waals surface area contributed by atoms with Crippen LogP contribution < -0.4 is 5.32 Å². The Balaban J connectivity index is 0.00000192. The van der Waals surface area contributed by atoms with E-state index in [4.69, 9.17) is 0 Å². The summed E-state index contributed by atoms with van der Waals surface area (Å²) in [6, 6.07) is 0. The minimum Gasteiger partial charge on any atom is -0.341 e. The molecule has 0 radical (unpaired) electrons. The first-order valence-corrected chi connectivity index (χ1v) is 9.55. The van der Waals surface area contributed by atoms with Gasteiger partial charge in [-0.05, 0) is 57.7 Å². The summed E-state index contributed by atoms with van der Waals surface area (Å²) in [5.74, 6) is 1.63. The average molecular weight is 344 g/mol. The quantitative estimate of drug-likeness (QED) is 0.855. The molecule has 0 unspecified atom stereocenters. The SMILES string of the molecule is Cl.O=C(C1CCNCC1)N1CCCN(CC2CCCCC2)CC1. The average Bonchev–Trinajstić information content (AvgIpc) is 2.82. The Labute approximate surface area is 147 Å². The number of amides is 1. The van der Waals surface area contributed by atoms with Gasteiger partial charge in [0.1, 0.15) is 0 Å². The smallest absolute Gasteiger partial charge is 0.225 e. The van der Waals surface area contributed by atoms with E-state index < -0.39 is 0 Å². The largest absolute Gasteiger partial charge is 0.341 e. The van der Waals surface area contributed by atoms with Crippen molar-refractivity contribution in [3.05, 3.63) is 0 Å². The number of carbonyl (C=O) groups excluding carboxylic acids is 1. The lowest BCUT2D eigenvalue weighted by Gasteiger charge is -2.30. The van der Waals surface area contributed by atoms with Gasteiger partial charge in [0.15, 0.2) is 0 Å². The van der Waals surface area contributed by atoms with E-state index in [2.05, 4.69) is 15.1 Å². The maximum absolute atomic E-state index is 12.7. The van der Waals surface area contributed by atoms with Crippen molar-refractivity contribution in [2.24, 2.45) is 11.8 Å². The number of nitrogens with one attached hydrogen (secondary N) is 1. The minimum absolute atomic E-state index is 0. The Morgan fingerprint density at radius 3 is 2.35 bits per heavy atom. The topological polar surface area (TPSA) is 35.6 Å². The third kappa shape index (κ3) is 5.61. The van der Waals surface area contributed by atoms with Gasteiger partial charge in [0.2, 0.25) is 5.91 Å². The Morgan fingerprint density at radius 2 is 1.61 bits per heavy atom. The lowest BCUT2D eigenvalue weighted by atomic mass is 9.89. The molecule has 3 aliphatic rings. The van der Waals surface area contributed by atoms with Gasteiger partial charge < -0.3 is 15.1 Å². The van der Waals surface area contributed by atoms with Crippen LogP contribution in [-0.4, -0.2) is 61.5 Å². The molecule has 2 aliphatic heterocycles. The Kier molecular flexibility index (Phi) is 8.14. The molecule has 3 rings (SSSR count). The normalized spacial score (nSPS) is 25.7. The van der Waals surface area contributed by atoms with Gasteiger partial charge in [-0.2, -0.15) is 0 Å². The van der Waals surface area contributed by atoms with Crippen molar-refractivity contribution in [3.63, 3.8) is 0 Å². The molecule has 0 atom stereocenters. The molecule has 2 heterocycles. The standard InChI is InChI=1S/C18H33N3O.ClH/c22-18(17-7-9-19-10-8-17)21-12-4-11-20(13-14-21)15-16-5-2-1-3-6-16;/h16-17,19H,1-15H2;1H. The summed E-state index contributed by atoms with van der Waals surface area (Å²) >= 11 is 0. The van der Waals surface area contributed by atoms with Gasteiger partial charge in [0.25, 0.3) is 0 Å². The van der Waals surface area contributed by atoms with Crippen LogP contribution in [0, 0.1) is 11.8 Å². The summed E-state index contributed by atoms with van der Waals surface area (Å²) in [6.07, 6.45) is 10.4. The number of piperidine rings is 1. The van der Waals surface area contributed by atoms with E-state index in [1.54, 1.807) is 0 Å². The third-order valence-electron chi connectivity index (χ3n) is 5.83. The summed E-state index contributed by atoms with van der Waals surface area (Å²) in [5.41, 5.74) is 0. The van der Waals surface area contributed by atoms with Crippen LogP contribution in [0.4, 0.5) is 0 Å². The van der Waals surface area contributed by atoms with E-state index in [1.807, 2.05) is 0 Å². The summed E-state index contributed by atoms with van der Waals surface area (Å²) in [4.78, 5) is 17.5. The van der Waals surface area contributed by atoms with E-state index in [0.717, 1.165) is 57.9 Å². The number of nitrogens with zero attached hydrogens (tertiary/aromatic N) is 2. The summed E-state index contributed by atoms with van der Waals surface area (Å²) in [7, 11) is 0. The molecule has 0 aromatic rings. The third-order valence-corrected chi connectivity index (χ3v) is 5.83. The van der Waals surface area contributed by atoms with Gasteiger partial charge in [-0.25, -0.2) is 0 Å². The van der Waals surface area contributed by atoms with Crippen LogP contribution in [0.25, 0.3) is 0 Å². The van der Waals surface area contributed by atoms with Gasteiger partial charge in [0.05, 0.1) is 0 Å². The van der Waals surface area contributed by atoms with E-state index >= 15 is 0 Å². The van der Waals surface area contributed by atoms with Gasteiger partial charge in [0, 0.05) is 32.1 Å². The van der Waals surface area contributed by atoms with Crippen LogP contribution in [0.2, 0.25) is 0 Å². The fraction of sp³-hybridized carbons (Fsp3) is 0.944. The van der Waals surface area contributed by atoms with Crippen molar-refractivity contribution in [1.29, 1.82) is 0 Å². The Bertz CT molecular complexity index is 354. The maximum Gasteiger partial charge on any atom is 0.225 e. The predicted molar refractivity (Wildman–Crippen MR) is 97.1 cm³/mol. The van der Waals surface area contributed by atoms with Crippen molar-refractivity contribution in [1.82, 2.24) is 15.1 Å². The predicted octanol–water partition coefficient (Wildman–Crippen LogP) is 2.52. The number of hydrogen-bond donors (Lipinski definition) is 1. The number of hydrogen-bond acceptors (Lipinski definition) is 3. The molecule has 0 aromatic carbocycles. The first kappa shape index (κ1) is 19.0. The van der Waals surface area contributed by atoms with Crippen LogP contribution >= 0.6 is 12.4 Å². The van der Waals surface area contributed by atoms with Crippen molar-refractivity contribution in [2.45, 2.75) is 51.4 Å². The second-order valence-electron chi connectivity index (χ2n) is 7.51. The second-order valence-corrected chi connectivity index (χ2v) is 7.51. The number of rotatable bonds is 3. The second kappa shape index (κ2) is 9.85. The van der Waals surface area contributed by atoms with Gasteiger partial charge in [-0.1, -0.05) is 19.3 Å². The highest BCUT2D eigenvalue weighted by atomic mass is 35.5. The van der Waals surface area contributed by atoms with E-state index in [-0.39, 0.29) is 18.3 Å². The molecule has 0 aromatic heterocycles. The first-order valence-electron chi connectivity index (χ1n) is 9.55. The molecule has 23 heavy (non-hydrogen) atoms. The van der Waals surface area contributed by atoms with Crippen molar-refractivity contribution < 1.29 is 4.79 Å². The van der Waals surface area contributed by atoms with Crippen molar-refractivity contribution in [3.8, 4) is 0 Å². The maximum atomic E-state index is 12.7. The molecular weight excluding hydrogens is 310 g/mol. The molecule has 1 amide bonds. The minimum atomic E-state index is 0. The molecular formula is C18H34ClN3O. The molecule has 1 saturated carbocycles. The fourth-order valence-corrected chi connectivity index (χ4v) is 4.44. The summed E-state index contributed by atoms with van der Waals surface area (Å²) < 4.78 is 0. The van der Waals surface area contributed by atoms with Crippen LogP contribution in [0.3, 0.4) is 0 Å². The Morgan fingerprint density at radius 1 is 0.870 bits per heavy atom. The van der Waals surface area contributed by atoms with Gasteiger partial charge in [-0.15, -0.1) is 12.4 Å². The zero-order valence-corrected chi connectivity index (χ0v) is 15.3. The zero-order valence-electron chi connectivity index (χ0n) is 14.5. The highest BCUT2D eigenvalue weighted by molar-refractivity contribution is 5.85. The molecule has 4 nitrogen and oxygen atoms in total. The molecule has 0 spiro atoms. The van der Waals surface area contributed by atoms with E-state index in [1.165, 1.54) is 45.2 Å². The number of carbonyl (C=O) groups is 1. The van der Waals surface area contributed by atoms with Crippen molar-refractivity contribution >= 4 is 18.3 Å². The number of halogens is 1. The van der Waals surface area contributed by atoms with Gasteiger partial charge >= 0.3 is 0 Å². The molecule has 3 fully saturated rings. The lowest BCUT2D eigenvalue weighted by molar-refractivity contribution is -0.136. The Hall–Kier alpha value is -0.320. The van der Waals surface area contributed by atoms with Crippen LogP contribution in [0.5, 0.6) is 0 Å². The molecule has 0 bridgehead atoms. The molecule has 134 valence electrons. The summed E-state index contributed by atoms with van der Waals surface area (Å²) in [6.45, 7) is 7.50. The van der Waals surface area contributed by atoms with E-state index in [9.17, 15) is 4.79 Å². The van der Waals surface area contributed by atoms with Crippen molar-refractivity contribution in [2.75, 3.05) is 45.8 Å². The molecule has 5 heteroatoms. The van der Waals surface area contributed by atoms with Crippen LogP contribution in [-0.2, 0) is 4.79 Å². The lowest BCUT2D eigenvalue weighted by Crippen LogP contribution is -2.42. The molecule has 1 aliphatic carbocycles. The molecule has 1 N–H and O–H groups in total. The zero-order chi connectivity index (χ0) is 15.2. The highest BCUT2D eigenvalue weighted by Crippen LogP contribution is 2.25. The van der Waals surface area contributed by atoms with Gasteiger partial charge in [-0.3, -0.25) is 4.79 Å². The summed E-state index contributed by atoms with van der Waals surface area (Å²) in [5, 5.41) is 3.36. The molecule has 2 saturated heterocycles. The fourth-order valence-electron chi connectivity index (χ4n) is 4.44. The van der Waals surface area contributed by atoms with Crippen LogP contribution in [0.1, 0.15) is 51.4 Å². The van der Waals surface area contributed by atoms with E-state index in [0.29, 0.717) is 5.91 Å².